The van der Waals surface area contributed by atoms with Crippen LogP contribution >= 0.6 is 0 Å². The molecule has 0 radical (unpaired) electrons. The van der Waals surface area contributed by atoms with Gasteiger partial charge in [0.25, 0.3) is 0 Å². The van der Waals surface area contributed by atoms with Gasteiger partial charge in [-0.1, -0.05) is 0 Å². The van der Waals surface area contributed by atoms with Crippen molar-refractivity contribution in [2.75, 3.05) is 32.4 Å². The Hall–Kier alpha value is -0.660. The first-order valence-corrected chi connectivity index (χ1v) is 9.82. The molecule has 0 bridgehead atoms. The molecule has 0 aliphatic carbocycles. The number of likely N-dealkylation sites (tertiary alicyclic amines) is 1. The fraction of sp³-hybridized carbons (Fsp3) is 0.929. The zero-order chi connectivity index (χ0) is 15.3. The zero-order valence-corrected chi connectivity index (χ0v) is 13.6. The topological polar surface area (TPSA) is 78.5 Å². The maximum atomic E-state index is 12.7. The van der Waals surface area contributed by atoms with Crippen molar-refractivity contribution in [1.29, 1.82) is 0 Å². The van der Waals surface area contributed by atoms with Gasteiger partial charge in [-0.05, 0) is 45.1 Å². The smallest absolute Gasteiger partial charge is 0.227 e. The third-order valence-corrected chi connectivity index (χ3v) is 5.13. The first-order valence-electron chi connectivity index (χ1n) is 7.93. The Kier molecular flexibility index (Phi) is 6.01. The molecule has 1 amide bonds. The van der Waals surface area contributed by atoms with Gasteiger partial charge in [-0.2, -0.15) is 0 Å². The van der Waals surface area contributed by atoms with E-state index in [1.54, 1.807) is 0 Å². The molecule has 2 N–H and O–H groups in total. The maximum Gasteiger partial charge on any atom is 0.227 e. The zero-order valence-electron chi connectivity index (χ0n) is 12.8. The summed E-state index contributed by atoms with van der Waals surface area (Å²) in [7, 11) is -3.15. The monoisotopic (exact) mass is 317 g/mol. The number of sulfonamides is 1. The second kappa shape index (κ2) is 7.56. The largest absolute Gasteiger partial charge is 0.339 e. The van der Waals surface area contributed by atoms with Crippen molar-refractivity contribution < 1.29 is 13.2 Å². The Labute approximate surface area is 127 Å². The summed E-state index contributed by atoms with van der Waals surface area (Å²) in [4.78, 5) is 14.7. The summed E-state index contributed by atoms with van der Waals surface area (Å²) in [6, 6.07) is 0.183. The molecular formula is C14H27N3O3S. The number of hydrogen-bond acceptors (Lipinski definition) is 4. The van der Waals surface area contributed by atoms with Gasteiger partial charge in [0.1, 0.15) is 0 Å². The predicted molar refractivity (Wildman–Crippen MR) is 82.4 cm³/mol. The van der Waals surface area contributed by atoms with Gasteiger partial charge in [-0.25, -0.2) is 13.1 Å². The highest BCUT2D eigenvalue weighted by molar-refractivity contribution is 7.88. The standard InChI is InChI=1S/C14H27N3O3S/c1-21(19,20)16-9-7-13-6-2-3-10-17(13)14(18)12-5-4-8-15-11-12/h12-13,15-16H,2-11H2,1H3. The summed E-state index contributed by atoms with van der Waals surface area (Å²) >= 11 is 0. The molecule has 2 rings (SSSR count). The molecule has 21 heavy (non-hydrogen) atoms. The number of carbonyl (C=O) groups is 1. The first kappa shape index (κ1) is 16.7. The van der Waals surface area contributed by atoms with Crippen LogP contribution in [0.3, 0.4) is 0 Å². The molecule has 0 aromatic carbocycles. The molecule has 2 saturated heterocycles. The van der Waals surface area contributed by atoms with E-state index in [0.29, 0.717) is 13.0 Å². The first-order chi connectivity index (χ1) is 9.97. The lowest BCUT2D eigenvalue weighted by atomic mass is 9.93. The molecule has 0 saturated carbocycles. The molecule has 2 fully saturated rings. The molecular weight excluding hydrogens is 290 g/mol. The van der Waals surface area contributed by atoms with Crippen molar-refractivity contribution >= 4 is 15.9 Å². The van der Waals surface area contributed by atoms with E-state index in [0.717, 1.165) is 51.7 Å². The van der Waals surface area contributed by atoms with Crippen molar-refractivity contribution in [3.8, 4) is 0 Å². The lowest BCUT2D eigenvalue weighted by Crippen LogP contribution is -2.50. The van der Waals surface area contributed by atoms with E-state index in [4.69, 9.17) is 0 Å². The van der Waals surface area contributed by atoms with Gasteiger partial charge in [-0.3, -0.25) is 4.79 Å². The van der Waals surface area contributed by atoms with Crippen LogP contribution in [0.5, 0.6) is 0 Å². The van der Waals surface area contributed by atoms with Crippen molar-refractivity contribution in [1.82, 2.24) is 14.9 Å². The molecule has 2 atom stereocenters. The third-order valence-electron chi connectivity index (χ3n) is 4.40. The fourth-order valence-corrected chi connectivity index (χ4v) is 3.79. The van der Waals surface area contributed by atoms with Gasteiger partial charge in [-0.15, -0.1) is 0 Å². The van der Waals surface area contributed by atoms with Gasteiger partial charge < -0.3 is 10.2 Å². The van der Waals surface area contributed by atoms with Crippen molar-refractivity contribution in [2.24, 2.45) is 5.92 Å². The van der Waals surface area contributed by atoms with E-state index >= 15 is 0 Å². The molecule has 0 aromatic heterocycles. The number of hydrogen-bond donors (Lipinski definition) is 2. The Morgan fingerprint density at radius 3 is 2.76 bits per heavy atom. The van der Waals surface area contributed by atoms with E-state index in [9.17, 15) is 13.2 Å². The molecule has 0 aromatic rings. The van der Waals surface area contributed by atoms with Gasteiger partial charge in [0, 0.05) is 25.7 Å². The molecule has 2 heterocycles. The highest BCUT2D eigenvalue weighted by atomic mass is 32.2. The van der Waals surface area contributed by atoms with Crippen LogP contribution in [0.4, 0.5) is 0 Å². The highest BCUT2D eigenvalue weighted by Gasteiger charge is 2.31. The van der Waals surface area contributed by atoms with E-state index < -0.39 is 10.0 Å². The Balaban J connectivity index is 1.89. The predicted octanol–water partition coefficient (Wildman–Crippen LogP) is 0.306. The lowest BCUT2D eigenvalue weighted by Gasteiger charge is -2.39. The van der Waals surface area contributed by atoms with Gasteiger partial charge in [0.05, 0.1) is 12.2 Å². The lowest BCUT2D eigenvalue weighted by molar-refractivity contribution is -0.140. The molecule has 2 aliphatic rings. The Bertz CT molecular complexity index is 446. The summed E-state index contributed by atoms with van der Waals surface area (Å²) in [5, 5.41) is 3.29. The third kappa shape index (κ3) is 5.23. The van der Waals surface area contributed by atoms with Crippen LogP contribution in [0.1, 0.15) is 38.5 Å². The fourth-order valence-electron chi connectivity index (χ4n) is 3.30. The van der Waals surface area contributed by atoms with E-state index in [2.05, 4.69) is 10.0 Å². The van der Waals surface area contributed by atoms with E-state index in [-0.39, 0.29) is 17.9 Å². The second-order valence-electron chi connectivity index (χ2n) is 6.18. The summed E-state index contributed by atoms with van der Waals surface area (Å²) in [5.41, 5.74) is 0. The van der Waals surface area contributed by atoms with Crippen LogP contribution in [0.2, 0.25) is 0 Å². The molecule has 2 unspecified atom stereocenters. The highest BCUT2D eigenvalue weighted by Crippen LogP contribution is 2.23. The molecule has 2 aliphatic heterocycles. The SMILES string of the molecule is CS(=O)(=O)NCCC1CCCCN1C(=O)C1CCCNC1. The number of piperidine rings is 2. The van der Waals surface area contributed by atoms with Crippen LogP contribution in [0.25, 0.3) is 0 Å². The second-order valence-corrected chi connectivity index (χ2v) is 8.01. The van der Waals surface area contributed by atoms with Crippen LogP contribution in [0, 0.1) is 5.92 Å². The molecule has 6 nitrogen and oxygen atoms in total. The average Bonchev–Trinajstić information content (AvgIpc) is 2.47. The molecule has 7 heteroatoms. The summed E-state index contributed by atoms with van der Waals surface area (Å²) in [6.45, 7) is 3.02. The van der Waals surface area contributed by atoms with E-state index in [1.807, 2.05) is 4.90 Å². The van der Waals surface area contributed by atoms with Crippen molar-refractivity contribution in [3.05, 3.63) is 0 Å². The van der Waals surface area contributed by atoms with Crippen molar-refractivity contribution in [3.63, 3.8) is 0 Å². The quantitative estimate of drug-likeness (QED) is 0.765. The van der Waals surface area contributed by atoms with Crippen molar-refractivity contribution in [2.45, 2.75) is 44.6 Å². The number of nitrogens with one attached hydrogen (secondary N) is 2. The summed E-state index contributed by atoms with van der Waals surface area (Å²) in [5.74, 6) is 0.355. The summed E-state index contributed by atoms with van der Waals surface area (Å²) in [6.07, 6.45) is 7.07. The number of amides is 1. The number of rotatable bonds is 5. The Morgan fingerprint density at radius 2 is 2.10 bits per heavy atom. The molecule has 0 spiro atoms. The minimum atomic E-state index is -3.15. The molecule has 122 valence electrons. The normalized spacial score (nSPS) is 27.6. The number of nitrogens with zero attached hydrogens (tertiary/aromatic N) is 1. The minimum absolute atomic E-state index is 0.0993. The van der Waals surface area contributed by atoms with Gasteiger partial charge >= 0.3 is 0 Å². The van der Waals surface area contributed by atoms with Gasteiger partial charge in [0.2, 0.25) is 15.9 Å². The van der Waals surface area contributed by atoms with Crippen LogP contribution in [-0.4, -0.2) is 57.7 Å². The Morgan fingerprint density at radius 1 is 1.29 bits per heavy atom. The maximum absolute atomic E-state index is 12.7. The average molecular weight is 317 g/mol. The van der Waals surface area contributed by atoms with Crippen LogP contribution in [0.15, 0.2) is 0 Å². The summed E-state index contributed by atoms with van der Waals surface area (Å²) < 4.78 is 24.8. The number of carbonyl (C=O) groups excluding carboxylic acids is 1. The van der Waals surface area contributed by atoms with E-state index in [1.165, 1.54) is 6.26 Å². The van der Waals surface area contributed by atoms with Gasteiger partial charge in [0.15, 0.2) is 0 Å². The van der Waals surface area contributed by atoms with Crippen LogP contribution < -0.4 is 10.0 Å². The van der Waals surface area contributed by atoms with Crippen LogP contribution in [-0.2, 0) is 14.8 Å². The minimum Gasteiger partial charge on any atom is -0.339 e.